The first kappa shape index (κ1) is 11.4. The highest BCUT2D eigenvalue weighted by atomic mass is 16.5. The lowest BCUT2D eigenvalue weighted by molar-refractivity contribution is 0.000430. The Labute approximate surface area is 74.9 Å². The number of ether oxygens (including phenoxy) is 2. The zero-order valence-electron chi connectivity index (χ0n) is 7.79. The predicted octanol–water partition coefficient (Wildman–Crippen LogP) is 2.17. The second-order valence-corrected chi connectivity index (χ2v) is 2.48. The summed E-state index contributed by atoms with van der Waals surface area (Å²) in [5.74, 6) is 0. The van der Waals surface area contributed by atoms with Crippen molar-refractivity contribution < 1.29 is 9.47 Å². The Morgan fingerprint density at radius 2 is 1.92 bits per heavy atom. The van der Waals surface area contributed by atoms with Crippen LogP contribution in [0.4, 0.5) is 0 Å². The van der Waals surface area contributed by atoms with E-state index in [1.165, 1.54) is 0 Å². The number of hydrogen-bond acceptors (Lipinski definition) is 2. The van der Waals surface area contributed by atoms with E-state index in [1.54, 1.807) is 12.2 Å². The first-order chi connectivity index (χ1) is 5.85. The second kappa shape index (κ2) is 8.50. The van der Waals surface area contributed by atoms with Gasteiger partial charge in [-0.2, -0.15) is 0 Å². The van der Waals surface area contributed by atoms with Crippen LogP contribution >= 0.6 is 0 Å². The van der Waals surface area contributed by atoms with Crippen LogP contribution in [0.15, 0.2) is 25.3 Å². The maximum absolute atomic E-state index is 5.41. The molecule has 0 fully saturated rings. The highest BCUT2D eigenvalue weighted by Crippen LogP contribution is 1.98. The molecule has 0 radical (unpaired) electrons. The van der Waals surface area contributed by atoms with E-state index in [0.29, 0.717) is 19.8 Å². The molecule has 0 aromatic heterocycles. The predicted molar refractivity (Wildman–Crippen MR) is 51.2 cm³/mol. The summed E-state index contributed by atoms with van der Waals surface area (Å²) < 4.78 is 10.7. The van der Waals surface area contributed by atoms with Crippen molar-refractivity contribution in [3.63, 3.8) is 0 Å². The Balaban J connectivity index is 3.38. The minimum Gasteiger partial charge on any atom is -0.375 e. The van der Waals surface area contributed by atoms with E-state index < -0.39 is 0 Å². The van der Waals surface area contributed by atoms with E-state index in [9.17, 15) is 0 Å². The molecule has 0 N–H and O–H groups in total. The van der Waals surface area contributed by atoms with Gasteiger partial charge in [-0.25, -0.2) is 0 Å². The van der Waals surface area contributed by atoms with Crippen molar-refractivity contribution in [2.75, 3.05) is 19.8 Å². The van der Waals surface area contributed by atoms with Crippen LogP contribution in [-0.2, 0) is 9.47 Å². The normalized spacial score (nSPS) is 12.4. The van der Waals surface area contributed by atoms with Crippen LogP contribution in [0.25, 0.3) is 0 Å². The van der Waals surface area contributed by atoms with Gasteiger partial charge in [0.25, 0.3) is 0 Å². The largest absolute Gasteiger partial charge is 0.375 e. The molecule has 0 saturated carbocycles. The van der Waals surface area contributed by atoms with Crippen LogP contribution in [0.2, 0.25) is 0 Å². The third-order valence-corrected chi connectivity index (χ3v) is 1.44. The summed E-state index contributed by atoms with van der Waals surface area (Å²) in [4.78, 5) is 0. The van der Waals surface area contributed by atoms with Crippen molar-refractivity contribution in [3.8, 4) is 0 Å². The van der Waals surface area contributed by atoms with Gasteiger partial charge in [0.1, 0.15) is 0 Å². The fourth-order valence-corrected chi connectivity index (χ4v) is 0.771. The Bertz CT molecular complexity index is 121. The smallest absolute Gasteiger partial charge is 0.0810 e. The summed E-state index contributed by atoms with van der Waals surface area (Å²) in [6, 6.07) is 0. The first-order valence-electron chi connectivity index (χ1n) is 4.26. The molecular weight excluding hydrogens is 152 g/mol. The van der Waals surface area contributed by atoms with E-state index in [1.807, 2.05) is 0 Å². The third kappa shape index (κ3) is 6.13. The Morgan fingerprint density at radius 1 is 1.25 bits per heavy atom. The van der Waals surface area contributed by atoms with Crippen LogP contribution in [0.3, 0.4) is 0 Å². The molecule has 0 heterocycles. The molecule has 2 nitrogen and oxygen atoms in total. The van der Waals surface area contributed by atoms with E-state index in [-0.39, 0.29) is 6.10 Å². The van der Waals surface area contributed by atoms with Crippen LogP contribution in [0, 0.1) is 0 Å². The van der Waals surface area contributed by atoms with Gasteiger partial charge in [-0.15, -0.1) is 13.2 Å². The van der Waals surface area contributed by atoms with Gasteiger partial charge in [-0.3, -0.25) is 0 Å². The number of rotatable bonds is 8. The molecule has 0 aliphatic carbocycles. The molecular formula is C10H18O2. The molecule has 0 amide bonds. The molecule has 0 saturated heterocycles. The molecule has 70 valence electrons. The van der Waals surface area contributed by atoms with Crippen molar-refractivity contribution in [1.82, 2.24) is 0 Å². The van der Waals surface area contributed by atoms with Gasteiger partial charge in [-0.1, -0.05) is 19.1 Å². The minimum absolute atomic E-state index is 0.183. The van der Waals surface area contributed by atoms with E-state index in [4.69, 9.17) is 9.47 Å². The van der Waals surface area contributed by atoms with E-state index >= 15 is 0 Å². The quantitative estimate of drug-likeness (QED) is 0.410. The average molecular weight is 170 g/mol. The number of hydrogen-bond donors (Lipinski definition) is 0. The molecule has 0 rings (SSSR count). The molecule has 0 aliphatic rings. The molecule has 0 bridgehead atoms. The zero-order valence-corrected chi connectivity index (χ0v) is 7.79. The molecule has 1 atom stereocenters. The van der Waals surface area contributed by atoms with E-state index in [0.717, 1.165) is 6.42 Å². The lowest BCUT2D eigenvalue weighted by Gasteiger charge is -2.14. The van der Waals surface area contributed by atoms with Crippen molar-refractivity contribution in [1.29, 1.82) is 0 Å². The monoisotopic (exact) mass is 170 g/mol. The molecule has 0 aromatic carbocycles. The van der Waals surface area contributed by atoms with Crippen molar-refractivity contribution >= 4 is 0 Å². The van der Waals surface area contributed by atoms with Gasteiger partial charge in [0, 0.05) is 0 Å². The molecule has 0 spiro atoms. The van der Waals surface area contributed by atoms with E-state index in [2.05, 4.69) is 20.1 Å². The lowest BCUT2D eigenvalue weighted by Crippen LogP contribution is -2.19. The maximum atomic E-state index is 5.41. The van der Waals surface area contributed by atoms with Crippen LogP contribution in [-0.4, -0.2) is 25.9 Å². The standard InChI is InChI=1S/C10H18O2/c1-4-7-11-9-10(6-3)12-8-5-2/h4-5,10H,1-2,6-9H2,3H3. The Kier molecular flexibility index (Phi) is 8.07. The van der Waals surface area contributed by atoms with Gasteiger partial charge in [0.2, 0.25) is 0 Å². The topological polar surface area (TPSA) is 18.5 Å². The SMILES string of the molecule is C=CCOCC(CC)OCC=C. The highest BCUT2D eigenvalue weighted by Gasteiger charge is 2.04. The fraction of sp³-hybridized carbons (Fsp3) is 0.600. The van der Waals surface area contributed by atoms with Gasteiger partial charge in [0.05, 0.1) is 25.9 Å². The van der Waals surface area contributed by atoms with Gasteiger partial charge in [-0.05, 0) is 6.42 Å². The summed E-state index contributed by atoms with van der Waals surface area (Å²) in [5, 5.41) is 0. The van der Waals surface area contributed by atoms with Gasteiger partial charge in [0.15, 0.2) is 0 Å². The summed E-state index contributed by atoms with van der Waals surface area (Å²) in [6.07, 6.45) is 4.63. The molecule has 0 aliphatic heterocycles. The van der Waals surface area contributed by atoms with Gasteiger partial charge < -0.3 is 9.47 Å². The van der Waals surface area contributed by atoms with Crippen LogP contribution in [0.5, 0.6) is 0 Å². The fourth-order valence-electron chi connectivity index (χ4n) is 0.771. The van der Waals surface area contributed by atoms with Crippen LogP contribution in [0.1, 0.15) is 13.3 Å². The first-order valence-corrected chi connectivity index (χ1v) is 4.26. The minimum atomic E-state index is 0.183. The summed E-state index contributed by atoms with van der Waals surface area (Å²) in [7, 11) is 0. The molecule has 12 heavy (non-hydrogen) atoms. The summed E-state index contributed by atoms with van der Waals surface area (Å²) in [6.45, 7) is 11.0. The van der Waals surface area contributed by atoms with Crippen molar-refractivity contribution in [3.05, 3.63) is 25.3 Å². The summed E-state index contributed by atoms with van der Waals surface area (Å²) >= 11 is 0. The molecule has 1 unspecified atom stereocenters. The molecule has 0 aromatic rings. The van der Waals surface area contributed by atoms with Crippen molar-refractivity contribution in [2.24, 2.45) is 0 Å². The lowest BCUT2D eigenvalue weighted by atomic mass is 10.3. The zero-order chi connectivity index (χ0) is 9.23. The Morgan fingerprint density at radius 3 is 2.42 bits per heavy atom. The highest BCUT2D eigenvalue weighted by molar-refractivity contribution is 4.67. The third-order valence-electron chi connectivity index (χ3n) is 1.44. The second-order valence-electron chi connectivity index (χ2n) is 2.48. The van der Waals surface area contributed by atoms with Gasteiger partial charge >= 0.3 is 0 Å². The average Bonchev–Trinajstić information content (AvgIpc) is 2.11. The van der Waals surface area contributed by atoms with Crippen LogP contribution < -0.4 is 0 Å². The Hall–Kier alpha value is -0.600. The molecule has 2 heteroatoms. The maximum Gasteiger partial charge on any atom is 0.0810 e. The van der Waals surface area contributed by atoms with Crippen molar-refractivity contribution in [2.45, 2.75) is 19.4 Å². The summed E-state index contributed by atoms with van der Waals surface area (Å²) in [5.41, 5.74) is 0.